The molecule has 0 saturated carbocycles. The van der Waals surface area contributed by atoms with Gasteiger partial charge < -0.3 is 5.11 Å². The second-order valence-electron chi connectivity index (χ2n) is 6.71. The van der Waals surface area contributed by atoms with Gasteiger partial charge in [0.1, 0.15) is 0 Å². The summed E-state index contributed by atoms with van der Waals surface area (Å²) >= 11 is 5.89. The van der Waals surface area contributed by atoms with Crippen molar-refractivity contribution in [1.82, 2.24) is 19.7 Å². The van der Waals surface area contributed by atoms with Crippen LogP contribution in [0.25, 0.3) is 10.9 Å². The summed E-state index contributed by atoms with van der Waals surface area (Å²) < 4.78 is 1.84. The Labute approximate surface area is 151 Å². The van der Waals surface area contributed by atoms with Crippen LogP contribution in [0, 0.1) is 5.92 Å². The lowest BCUT2D eigenvalue weighted by Crippen LogP contribution is -2.26. The predicted molar refractivity (Wildman–Crippen MR) is 98.6 cm³/mol. The number of nitrogens with zero attached hydrogens (tertiary/aromatic N) is 4. The maximum absolute atomic E-state index is 10.4. The van der Waals surface area contributed by atoms with Crippen molar-refractivity contribution < 1.29 is 5.11 Å². The van der Waals surface area contributed by atoms with Gasteiger partial charge in [-0.25, -0.2) is 0 Å². The van der Waals surface area contributed by atoms with Crippen LogP contribution >= 0.6 is 11.6 Å². The Kier molecular flexibility index (Phi) is 4.70. The number of aromatic nitrogens is 3. The van der Waals surface area contributed by atoms with Crippen LogP contribution in [0.15, 0.2) is 48.8 Å². The largest absolute Gasteiger partial charge is 0.391 e. The number of aliphatic hydroxyl groups excluding tert-OH is 1. The normalized spacial score (nSPS) is 21.2. The number of likely N-dealkylation sites (tertiary alicyclic amines) is 1. The lowest BCUT2D eigenvalue weighted by atomic mass is 9.99. The Morgan fingerprint density at radius 3 is 2.84 bits per heavy atom. The molecule has 0 aliphatic carbocycles. The van der Waals surface area contributed by atoms with E-state index in [1.54, 1.807) is 6.20 Å². The second kappa shape index (κ2) is 7.12. The first kappa shape index (κ1) is 16.5. The van der Waals surface area contributed by atoms with Crippen molar-refractivity contribution >= 4 is 22.5 Å². The molecule has 1 aliphatic heterocycles. The topological polar surface area (TPSA) is 54.2 Å². The van der Waals surface area contributed by atoms with E-state index in [1.165, 1.54) is 0 Å². The van der Waals surface area contributed by atoms with Crippen LogP contribution in [-0.2, 0) is 13.0 Å². The summed E-state index contributed by atoms with van der Waals surface area (Å²) in [6, 6.07) is 12.3. The smallest absolute Gasteiger partial charge is 0.0785 e. The average Bonchev–Trinajstić information content (AvgIpc) is 3.19. The molecule has 130 valence electrons. The Morgan fingerprint density at radius 2 is 2.00 bits per heavy atom. The molecule has 0 spiro atoms. The minimum Gasteiger partial charge on any atom is -0.391 e. The summed E-state index contributed by atoms with van der Waals surface area (Å²) in [6.45, 7) is 3.22. The standard InChI is InChI=1S/C19H21ClN4O/c20-16-10-21-24(12-16)8-7-23-11-15(19(25)13-23)9-17-6-5-14-3-1-2-4-18(14)22-17/h1-6,10,12,15,19,25H,7-9,11,13H2/t15-,19-/m1/s1. The molecule has 4 rings (SSSR count). The van der Waals surface area contributed by atoms with Crippen molar-refractivity contribution in [1.29, 1.82) is 0 Å². The molecule has 1 N–H and O–H groups in total. The van der Waals surface area contributed by atoms with Crippen molar-refractivity contribution in [2.75, 3.05) is 19.6 Å². The zero-order valence-electron chi connectivity index (χ0n) is 13.9. The molecule has 1 aromatic carbocycles. The van der Waals surface area contributed by atoms with Crippen LogP contribution in [0.2, 0.25) is 5.02 Å². The van der Waals surface area contributed by atoms with E-state index < -0.39 is 0 Å². The number of hydrogen-bond acceptors (Lipinski definition) is 4. The highest BCUT2D eigenvalue weighted by Crippen LogP contribution is 2.22. The molecule has 0 bridgehead atoms. The van der Waals surface area contributed by atoms with E-state index in [-0.39, 0.29) is 12.0 Å². The van der Waals surface area contributed by atoms with E-state index in [4.69, 9.17) is 16.6 Å². The minimum absolute atomic E-state index is 0.217. The number of halogens is 1. The number of fused-ring (bicyclic) bond motifs is 1. The Balaban J connectivity index is 1.37. The molecule has 5 nitrogen and oxygen atoms in total. The van der Waals surface area contributed by atoms with Gasteiger partial charge in [0.05, 0.1) is 29.4 Å². The predicted octanol–water partition coefficient (Wildman–Crippen LogP) is 2.62. The van der Waals surface area contributed by atoms with Crippen LogP contribution in [-0.4, -0.2) is 50.5 Å². The molecular weight excluding hydrogens is 336 g/mol. The molecular formula is C19H21ClN4O. The third-order valence-electron chi connectivity index (χ3n) is 4.86. The van der Waals surface area contributed by atoms with Crippen molar-refractivity contribution in [3.8, 4) is 0 Å². The highest BCUT2D eigenvalue weighted by atomic mass is 35.5. The quantitative estimate of drug-likeness (QED) is 0.763. The van der Waals surface area contributed by atoms with Gasteiger partial charge in [0.2, 0.25) is 0 Å². The monoisotopic (exact) mass is 356 g/mol. The number of benzene rings is 1. The number of hydrogen-bond donors (Lipinski definition) is 1. The highest BCUT2D eigenvalue weighted by Gasteiger charge is 2.31. The summed E-state index contributed by atoms with van der Waals surface area (Å²) in [5, 5.41) is 16.4. The molecule has 2 atom stereocenters. The van der Waals surface area contributed by atoms with Crippen LogP contribution in [0.4, 0.5) is 0 Å². The first-order valence-electron chi connectivity index (χ1n) is 8.60. The lowest BCUT2D eigenvalue weighted by Gasteiger charge is -2.15. The Morgan fingerprint density at radius 1 is 1.12 bits per heavy atom. The van der Waals surface area contributed by atoms with Gasteiger partial charge in [0, 0.05) is 42.8 Å². The number of pyridine rings is 1. The van der Waals surface area contributed by atoms with Gasteiger partial charge in [0.15, 0.2) is 0 Å². The maximum Gasteiger partial charge on any atom is 0.0785 e. The highest BCUT2D eigenvalue weighted by molar-refractivity contribution is 6.30. The molecule has 0 amide bonds. The number of rotatable bonds is 5. The zero-order chi connectivity index (χ0) is 17.2. The number of β-amino-alcohol motifs (C(OH)–C–C–N with tert-alkyl or cyclic N) is 1. The summed E-state index contributed by atoms with van der Waals surface area (Å²) in [5.74, 6) is 0.217. The Hall–Kier alpha value is -1.95. The van der Waals surface area contributed by atoms with E-state index in [9.17, 15) is 5.11 Å². The third-order valence-corrected chi connectivity index (χ3v) is 5.05. The van der Waals surface area contributed by atoms with Crippen LogP contribution < -0.4 is 0 Å². The van der Waals surface area contributed by atoms with E-state index in [2.05, 4.69) is 28.2 Å². The van der Waals surface area contributed by atoms with Crippen LogP contribution in [0.1, 0.15) is 5.69 Å². The molecule has 3 aromatic rings. The van der Waals surface area contributed by atoms with Gasteiger partial charge in [-0.2, -0.15) is 5.10 Å². The molecule has 1 saturated heterocycles. The Bertz CT molecular complexity index is 865. The zero-order valence-corrected chi connectivity index (χ0v) is 14.7. The molecule has 2 aromatic heterocycles. The van der Waals surface area contributed by atoms with Crippen molar-refractivity contribution in [2.45, 2.75) is 19.1 Å². The molecule has 6 heteroatoms. The van der Waals surface area contributed by atoms with Gasteiger partial charge in [0.25, 0.3) is 0 Å². The van der Waals surface area contributed by atoms with Gasteiger partial charge in [-0.3, -0.25) is 14.6 Å². The molecule has 0 unspecified atom stereocenters. The minimum atomic E-state index is -0.311. The first-order valence-corrected chi connectivity index (χ1v) is 8.98. The lowest BCUT2D eigenvalue weighted by molar-refractivity contribution is 0.140. The molecule has 25 heavy (non-hydrogen) atoms. The number of aliphatic hydroxyl groups is 1. The van der Waals surface area contributed by atoms with E-state index >= 15 is 0 Å². The first-order chi connectivity index (χ1) is 12.2. The summed E-state index contributed by atoms with van der Waals surface area (Å²) in [4.78, 5) is 7.02. The SMILES string of the molecule is O[C@@H]1CN(CCn2cc(Cl)cn2)C[C@H]1Cc1ccc2ccccc2n1. The van der Waals surface area contributed by atoms with Crippen LogP contribution in [0.3, 0.4) is 0 Å². The summed E-state index contributed by atoms with van der Waals surface area (Å²) in [6.07, 6.45) is 3.96. The van der Waals surface area contributed by atoms with Crippen molar-refractivity contribution in [2.24, 2.45) is 5.92 Å². The molecule has 0 radical (unpaired) electrons. The molecule has 3 heterocycles. The third kappa shape index (κ3) is 3.84. The van der Waals surface area contributed by atoms with Gasteiger partial charge in [-0.15, -0.1) is 0 Å². The second-order valence-corrected chi connectivity index (χ2v) is 7.14. The fourth-order valence-electron chi connectivity index (χ4n) is 3.52. The van der Waals surface area contributed by atoms with Crippen molar-refractivity contribution in [3.63, 3.8) is 0 Å². The van der Waals surface area contributed by atoms with E-state index in [0.29, 0.717) is 11.6 Å². The summed E-state index contributed by atoms with van der Waals surface area (Å²) in [7, 11) is 0. The summed E-state index contributed by atoms with van der Waals surface area (Å²) in [5.41, 5.74) is 2.06. The van der Waals surface area contributed by atoms with Crippen LogP contribution in [0.5, 0.6) is 0 Å². The maximum atomic E-state index is 10.4. The van der Waals surface area contributed by atoms with Crippen molar-refractivity contribution in [3.05, 3.63) is 59.5 Å². The average molecular weight is 357 g/mol. The van der Waals surface area contributed by atoms with Gasteiger partial charge in [-0.1, -0.05) is 35.9 Å². The van der Waals surface area contributed by atoms with E-state index in [1.807, 2.05) is 29.1 Å². The van der Waals surface area contributed by atoms with Gasteiger partial charge in [-0.05, 0) is 18.6 Å². The fraction of sp³-hybridized carbons (Fsp3) is 0.368. The number of para-hydroxylation sites is 1. The molecule has 1 fully saturated rings. The fourth-order valence-corrected chi connectivity index (χ4v) is 3.68. The molecule has 1 aliphatic rings. The van der Waals surface area contributed by atoms with E-state index in [0.717, 1.165) is 42.7 Å². The van der Waals surface area contributed by atoms with Gasteiger partial charge >= 0.3 is 0 Å².